The highest BCUT2D eigenvalue weighted by atomic mass is 16.4. The Kier molecular flexibility index (Phi) is 3.31. The summed E-state index contributed by atoms with van der Waals surface area (Å²) in [6.45, 7) is 3.86. The van der Waals surface area contributed by atoms with Crippen molar-refractivity contribution in [1.82, 2.24) is 0 Å². The highest BCUT2D eigenvalue weighted by molar-refractivity contribution is 5.68. The van der Waals surface area contributed by atoms with Gasteiger partial charge in [0.25, 0.3) is 0 Å². The molecule has 0 aliphatic carbocycles. The van der Waals surface area contributed by atoms with Crippen LogP contribution < -0.4 is 11.5 Å². The van der Waals surface area contributed by atoms with Crippen molar-refractivity contribution in [1.29, 1.82) is 0 Å². The number of nitrogen functional groups attached to an aromatic ring is 1. The Morgan fingerprint density at radius 2 is 2.07 bits per heavy atom. The van der Waals surface area contributed by atoms with Crippen LogP contribution in [-0.2, 0) is 4.79 Å². The number of hydrogen-bond donors (Lipinski definition) is 3. The lowest BCUT2D eigenvalue weighted by Crippen LogP contribution is -2.15. The van der Waals surface area contributed by atoms with Crippen LogP contribution in [0.3, 0.4) is 0 Å². The van der Waals surface area contributed by atoms with Crippen LogP contribution in [0.4, 0.5) is 5.69 Å². The van der Waals surface area contributed by atoms with E-state index in [2.05, 4.69) is 0 Å². The molecular weight excluding hydrogens is 192 g/mol. The van der Waals surface area contributed by atoms with Crippen LogP contribution in [-0.4, -0.2) is 11.1 Å². The average molecular weight is 208 g/mol. The van der Waals surface area contributed by atoms with Crippen LogP contribution in [0.15, 0.2) is 12.1 Å². The molecule has 0 saturated carbocycles. The molecule has 1 atom stereocenters. The number of benzene rings is 1. The van der Waals surface area contributed by atoms with E-state index in [4.69, 9.17) is 16.6 Å². The molecule has 0 heterocycles. The summed E-state index contributed by atoms with van der Waals surface area (Å²) in [5.41, 5.74) is 15.0. The largest absolute Gasteiger partial charge is 0.481 e. The van der Waals surface area contributed by atoms with Crippen LogP contribution in [0.25, 0.3) is 0 Å². The molecule has 4 heteroatoms. The molecule has 0 saturated heterocycles. The molecule has 1 unspecified atom stereocenters. The van der Waals surface area contributed by atoms with Gasteiger partial charge < -0.3 is 16.6 Å². The first-order valence-corrected chi connectivity index (χ1v) is 4.75. The fraction of sp³-hybridized carbons (Fsp3) is 0.364. The molecule has 5 N–H and O–H groups in total. The summed E-state index contributed by atoms with van der Waals surface area (Å²) in [6.07, 6.45) is -0.0814. The second-order valence-corrected chi connectivity index (χ2v) is 3.76. The lowest BCUT2D eigenvalue weighted by Gasteiger charge is -2.13. The van der Waals surface area contributed by atoms with Crippen molar-refractivity contribution in [2.75, 3.05) is 5.73 Å². The maximum absolute atomic E-state index is 10.5. The number of aryl methyl sites for hydroxylation is 1. The number of carboxylic acids is 1. The smallest absolute Gasteiger partial charge is 0.305 e. The Labute approximate surface area is 88.9 Å². The van der Waals surface area contributed by atoms with Crippen molar-refractivity contribution < 1.29 is 9.90 Å². The summed E-state index contributed by atoms with van der Waals surface area (Å²) in [4.78, 5) is 10.5. The normalized spacial score (nSPS) is 12.5. The minimum absolute atomic E-state index is 0.0814. The Bertz CT molecular complexity index is 365. The van der Waals surface area contributed by atoms with Crippen LogP contribution >= 0.6 is 0 Å². The second-order valence-electron chi connectivity index (χ2n) is 3.76. The number of anilines is 1. The number of carboxylic acid groups (broad SMARTS) is 1. The van der Waals surface area contributed by atoms with Crippen LogP contribution in [0.2, 0.25) is 0 Å². The zero-order chi connectivity index (χ0) is 11.6. The molecule has 0 aromatic heterocycles. The molecule has 1 aromatic rings. The van der Waals surface area contributed by atoms with Crippen LogP contribution in [0.5, 0.6) is 0 Å². The van der Waals surface area contributed by atoms with Gasteiger partial charge in [-0.05, 0) is 36.6 Å². The molecule has 4 nitrogen and oxygen atoms in total. The number of rotatable bonds is 3. The number of hydrogen-bond acceptors (Lipinski definition) is 3. The average Bonchev–Trinajstić information content (AvgIpc) is 2.12. The van der Waals surface area contributed by atoms with Gasteiger partial charge in [-0.1, -0.05) is 6.07 Å². The van der Waals surface area contributed by atoms with E-state index < -0.39 is 12.0 Å². The quantitative estimate of drug-likeness (QED) is 0.654. The third-order valence-corrected chi connectivity index (χ3v) is 2.55. The minimum atomic E-state index is -0.903. The van der Waals surface area contributed by atoms with E-state index >= 15 is 0 Å². The first-order valence-electron chi connectivity index (χ1n) is 4.75. The molecule has 15 heavy (non-hydrogen) atoms. The molecule has 1 aromatic carbocycles. The van der Waals surface area contributed by atoms with E-state index in [0.29, 0.717) is 5.69 Å². The summed E-state index contributed by atoms with van der Waals surface area (Å²) < 4.78 is 0. The lowest BCUT2D eigenvalue weighted by molar-refractivity contribution is -0.137. The van der Waals surface area contributed by atoms with Gasteiger partial charge in [0.05, 0.1) is 6.42 Å². The first kappa shape index (κ1) is 11.5. The monoisotopic (exact) mass is 208 g/mol. The van der Waals surface area contributed by atoms with E-state index in [-0.39, 0.29) is 6.42 Å². The first-order chi connectivity index (χ1) is 6.91. The third kappa shape index (κ3) is 2.70. The van der Waals surface area contributed by atoms with Crippen molar-refractivity contribution in [3.8, 4) is 0 Å². The van der Waals surface area contributed by atoms with Gasteiger partial charge in [-0.25, -0.2) is 0 Å². The Balaban J connectivity index is 3.00. The topological polar surface area (TPSA) is 89.3 Å². The molecule has 0 fully saturated rings. The maximum atomic E-state index is 10.5. The van der Waals surface area contributed by atoms with Crippen LogP contribution in [0, 0.1) is 13.8 Å². The molecule has 0 radical (unpaired) electrons. The van der Waals surface area contributed by atoms with Gasteiger partial charge in [-0.2, -0.15) is 0 Å². The van der Waals surface area contributed by atoms with Crippen molar-refractivity contribution >= 4 is 11.7 Å². The Morgan fingerprint density at radius 3 is 2.53 bits per heavy atom. The standard InChI is InChI=1S/C11H16N2O2/c1-6-3-8(4-9(12)7(6)2)10(13)5-11(14)15/h3-4,10H,5,12-13H2,1-2H3,(H,14,15). The van der Waals surface area contributed by atoms with Crippen LogP contribution in [0.1, 0.15) is 29.2 Å². The number of aliphatic carboxylic acids is 1. The molecule has 0 amide bonds. The van der Waals surface area contributed by atoms with Crippen molar-refractivity contribution in [3.05, 3.63) is 28.8 Å². The molecule has 0 bridgehead atoms. The van der Waals surface area contributed by atoms with Gasteiger partial charge in [0, 0.05) is 11.7 Å². The lowest BCUT2D eigenvalue weighted by atomic mass is 9.98. The summed E-state index contributed by atoms with van der Waals surface area (Å²) in [7, 11) is 0. The summed E-state index contributed by atoms with van der Waals surface area (Å²) in [6, 6.07) is 3.14. The van der Waals surface area contributed by atoms with E-state index in [0.717, 1.165) is 16.7 Å². The fourth-order valence-electron chi connectivity index (χ4n) is 1.44. The van der Waals surface area contributed by atoms with Crippen molar-refractivity contribution in [3.63, 3.8) is 0 Å². The van der Waals surface area contributed by atoms with Gasteiger partial charge in [0.15, 0.2) is 0 Å². The fourth-order valence-corrected chi connectivity index (χ4v) is 1.44. The zero-order valence-corrected chi connectivity index (χ0v) is 8.95. The van der Waals surface area contributed by atoms with E-state index in [1.807, 2.05) is 19.9 Å². The third-order valence-electron chi connectivity index (χ3n) is 2.55. The Morgan fingerprint density at radius 1 is 1.47 bits per heavy atom. The molecule has 1 rings (SSSR count). The van der Waals surface area contributed by atoms with Crippen molar-refractivity contribution in [2.45, 2.75) is 26.3 Å². The van der Waals surface area contributed by atoms with E-state index in [1.165, 1.54) is 0 Å². The molecule has 0 spiro atoms. The summed E-state index contributed by atoms with van der Waals surface area (Å²) in [5, 5.41) is 8.63. The predicted octanol–water partition coefficient (Wildman–Crippen LogP) is 1.36. The maximum Gasteiger partial charge on any atom is 0.305 e. The second kappa shape index (κ2) is 4.31. The Hall–Kier alpha value is -1.55. The SMILES string of the molecule is Cc1cc(C(N)CC(=O)O)cc(N)c1C. The molecule has 82 valence electrons. The molecule has 0 aliphatic heterocycles. The molecular formula is C11H16N2O2. The van der Waals surface area contributed by atoms with Crippen molar-refractivity contribution in [2.24, 2.45) is 5.73 Å². The highest BCUT2D eigenvalue weighted by Crippen LogP contribution is 2.23. The van der Waals surface area contributed by atoms with Gasteiger partial charge in [-0.3, -0.25) is 4.79 Å². The minimum Gasteiger partial charge on any atom is -0.481 e. The predicted molar refractivity (Wildman–Crippen MR) is 59.5 cm³/mol. The summed E-state index contributed by atoms with van der Waals surface area (Å²) >= 11 is 0. The van der Waals surface area contributed by atoms with Gasteiger partial charge in [0.1, 0.15) is 0 Å². The van der Waals surface area contributed by atoms with Gasteiger partial charge in [-0.15, -0.1) is 0 Å². The molecule has 0 aliphatic rings. The van der Waals surface area contributed by atoms with E-state index in [9.17, 15) is 4.79 Å². The highest BCUT2D eigenvalue weighted by Gasteiger charge is 2.12. The van der Waals surface area contributed by atoms with Gasteiger partial charge >= 0.3 is 5.97 Å². The zero-order valence-electron chi connectivity index (χ0n) is 8.95. The van der Waals surface area contributed by atoms with Gasteiger partial charge in [0.2, 0.25) is 0 Å². The number of carbonyl (C=O) groups is 1. The summed E-state index contributed by atoms with van der Waals surface area (Å²) in [5.74, 6) is -0.903. The number of nitrogens with two attached hydrogens (primary N) is 2. The van der Waals surface area contributed by atoms with E-state index in [1.54, 1.807) is 6.07 Å².